The van der Waals surface area contributed by atoms with Crippen LogP contribution in [-0.4, -0.2) is 18.9 Å². The van der Waals surface area contributed by atoms with E-state index in [1.54, 1.807) is 6.07 Å². The van der Waals surface area contributed by atoms with E-state index < -0.39 is 11.8 Å². The van der Waals surface area contributed by atoms with Crippen molar-refractivity contribution in [1.29, 1.82) is 0 Å². The Bertz CT molecular complexity index is 421. The molecule has 6 heteroatoms. The minimum Gasteiger partial charge on any atom is -0.361 e. The van der Waals surface area contributed by atoms with Crippen molar-refractivity contribution in [2.75, 3.05) is 11.9 Å². The molecule has 0 saturated heterocycles. The molecule has 1 rings (SSSR count). The van der Waals surface area contributed by atoms with E-state index in [1.165, 1.54) is 19.2 Å². The lowest BCUT2D eigenvalue weighted by molar-refractivity contribution is -0.135. The standard InChI is InChI=1S/C9H8Cl2N2O2/c1-13(9(15)8(12)14)7-3-2-5(10)4-6(7)11/h2-4H,1H3,(H2,12,14). The highest BCUT2D eigenvalue weighted by Gasteiger charge is 2.18. The van der Waals surface area contributed by atoms with Gasteiger partial charge in [-0.25, -0.2) is 0 Å². The summed E-state index contributed by atoms with van der Waals surface area (Å²) in [5, 5.41) is 0.725. The van der Waals surface area contributed by atoms with Crippen molar-refractivity contribution >= 4 is 40.7 Å². The summed E-state index contributed by atoms with van der Waals surface area (Å²) in [5.74, 6) is -1.87. The van der Waals surface area contributed by atoms with E-state index in [-0.39, 0.29) is 5.02 Å². The highest BCUT2D eigenvalue weighted by molar-refractivity contribution is 6.42. The number of halogens is 2. The first kappa shape index (κ1) is 11.8. The van der Waals surface area contributed by atoms with E-state index >= 15 is 0 Å². The lowest BCUT2D eigenvalue weighted by atomic mass is 10.3. The average Bonchev–Trinajstić information content (AvgIpc) is 2.15. The molecule has 15 heavy (non-hydrogen) atoms. The summed E-state index contributed by atoms with van der Waals surface area (Å²) < 4.78 is 0. The van der Waals surface area contributed by atoms with Crippen LogP contribution in [0.4, 0.5) is 5.69 Å². The Morgan fingerprint density at radius 2 is 1.93 bits per heavy atom. The molecular formula is C9H8Cl2N2O2. The molecule has 0 heterocycles. The van der Waals surface area contributed by atoms with E-state index in [4.69, 9.17) is 28.9 Å². The molecule has 4 nitrogen and oxygen atoms in total. The van der Waals surface area contributed by atoms with Crippen molar-refractivity contribution in [2.24, 2.45) is 5.73 Å². The van der Waals surface area contributed by atoms with Crippen LogP contribution in [0.5, 0.6) is 0 Å². The molecule has 0 aromatic heterocycles. The SMILES string of the molecule is CN(C(=O)C(N)=O)c1ccc(Cl)cc1Cl. The van der Waals surface area contributed by atoms with Gasteiger partial charge in [0.2, 0.25) is 0 Å². The summed E-state index contributed by atoms with van der Waals surface area (Å²) in [6, 6.07) is 4.57. The number of likely N-dealkylation sites (N-methyl/N-ethyl adjacent to an activating group) is 1. The Balaban J connectivity index is 3.06. The number of hydrogen-bond acceptors (Lipinski definition) is 2. The molecule has 0 aliphatic heterocycles. The molecule has 0 radical (unpaired) electrons. The van der Waals surface area contributed by atoms with Crippen molar-refractivity contribution in [3.8, 4) is 0 Å². The van der Waals surface area contributed by atoms with Crippen LogP contribution in [0.2, 0.25) is 10.0 Å². The number of amides is 2. The first-order chi connectivity index (χ1) is 6.93. The highest BCUT2D eigenvalue weighted by atomic mass is 35.5. The van der Waals surface area contributed by atoms with Crippen molar-refractivity contribution in [1.82, 2.24) is 0 Å². The molecule has 0 saturated carbocycles. The molecule has 2 N–H and O–H groups in total. The molecule has 0 fully saturated rings. The quantitative estimate of drug-likeness (QED) is 0.763. The van der Waals surface area contributed by atoms with Gasteiger partial charge in [-0.1, -0.05) is 23.2 Å². The van der Waals surface area contributed by atoms with Gasteiger partial charge in [-0.05, 0) is 18.2 Å². The summed E-state index contributed by atoms with van der Waals surface area (Å²) in [7, 11) is 1.40. The number of nitrogens with zero attached hydrogens (tertiary/aromatic N) is 1. The summed E-state index contributed by atoms with van der Waals surface area (Å²) in [5.41, 5.74) is 5.23. The van der Waals surface area contributed by atoms with Crippen LogP contribution < -0.4 is 10.6 Å². The van der Waals surface area contributed by atoms with Crippen molar-refractivity contribution in [2.45, 2.75) is 0 Å². The minimum absolute atomic E-state index is 0.277. The van der Waals surface area contributed by atoms with E-state index in [0.29, 0.717) is 10.7 Å². The van der Waals surface area contributed by atoms with Crippen LogP contribution in [0.1, 0.15) is 0 Å². The predicted molar refractivity (Wildman–Crippen MR) is 59.1 cm³/mol. The van der Waals surface area contributed by atoms with Gasteiger partial charge in [-0.2, -0.15) is 0 Å². The first-order valence-corrected chi connectivity index (χ1v) is 4.71. The summed E-state index contributed by atoms with van der Waals surface area (Å²) in [6.45, 7) is 0. The smallest absolute Gasteiger partial charge is 0.315 e. The maximum absolute atomic E-state index is 11.2. The third-order valence-corrected chi connectivity index (χ3v) is 2.32. The van der Waals surface area contributed by atoms with Gasteiger partial charge in [0.1, 0.15) is 0 Å². The zero-order valence-electron chi connectivity index (χ0n) is 7.83. The Morgan fingerprint density at radius 1 is 1.33 bits per heavy atom. The molecule has 0 spiro atoms. The number of rotatable bonds is 1. The molecule has 2 amide bonds. The maximum Gasteiger partial charge on any atom is 0.315 e. The molecule has 0 bridgehead atoms. The van der Waals surface area contributed by atoms with Gasteiger partial charge in [0.15, 0.2) is 0 Å². The normalized spacial score (nSPS) is 9.80. The zero-order chi connectivity index (χ0) is 11.6. The average molecular weight is 247 g/mol. The Morgan fingerprint density at radius 3 is 2.40 bits per heavy atom. The lowest BCUT2D eigenvalue weighted by Gasteiger charge is -2.16. The topological polar surface area (TPSA) is 63.4 Å². The van der Waals surface area contributed by atoms with E-state index in [1.807, 2.05) is 0 Å². The predicted octanol–water partition coefficient (Wildman–Crippen LogP) is 1.44. The minimum atomic E-state index is -1.04. The van der Waals surface area contributed by atoms with Crippen molar-refractivity contribution in [3.63, 3.8) is 0 Å². The van der Waals surface area contributed by atoms with Crippen LogP contribution in [-0.2, 0) is 9.59 Å². The summed E-state index contributed by atoms with van der Waals surface area (Å²) >= 11 is 11.5. The highest BCUT2D eigenvalue weighted by Crippen LogP contribution is 2.27. The molecular weight excluding hydrogens is 239 g/mol. The summed E-state index contributed by atoms with van der Waals surface area (Å²) in [6.07, 6.45) is 0. The van der Waals surface area contributed by atoms with Crippen LogP contribution in [0.25, 0.3) is 0 Å². The molecule has 0 unspecified atom stereocenters. The van der Waals surface area contributed by atoms with Crippen LogP contribution in [0, 0.1) is 0 Å². The second-order valence-corrected chi connectivity index (χ2v) is 3.67. The third kappa shape index (κ3) is 2.61. The monoisotopic (exact) mass is 246 g/mol. The number of benzene rings is 1. The van der Waals surface area contributed by atoms with Crippen LogP contribution >= 0.6 is 23.2 Å². The van der Waals surface area contributed by atoms with Crippen LogP contribution in [0.3, 0.4) is 0 Å². The number of carbonyl (C=O) groups is 2. The van der Waals surface area contributed by atoms with Crippen molar-refractivity contribution < 1.29 is 9.59 Å². The third-order valence-electron chi connectivity index (χ3n) is 1.79. The van der Waals surface area contributed by atoms with E-state index in [2.05, 4.69) is 0 Å². The molecule has 1 aromatic rings. The maximum atomic E-state index is 11.2. The van der Waals surface area contributed by atoms with Gasteiger partial charge in [0.25, 0.3) is 0 Å². The molecule has 0 atom stereocenters. The summed E-state index contributed by atoms with van der Waals surface area (Å²) in [4.78, 5) is 23.0. The number of nitrogens with two attached hydrogens (primary N) is 1. The van der Waals surface area contributed by atoms with Gasteiger partial charge in [-0.3, -0.25) is 9.59 Å². The largest absolute Gasteiger partial charge is 0.361 e. The number of primary amides is 1. The lowest BCUT2D eigenvalue weighted by Crippen LogP contribution is -2.37. The fourth-order valence-electron chi connectivity index (χ4n) is 1.03. The van der Waals surface area contributed by atoms with Gasteiger partial charge < -0.3 is 10.6 Å². The van der Waals surface area contributed by atoms with Gasteiger partial charge in [0, 0.05) is 12.1 Å². The second-order valence-electron chi connectivity index (χ2n) is 2.82. The first-order valence-electron chi connectivity index (χ1n) is 3.96. The van der Waals surface area contributed by atoms with Crippen molar-refractivity contribution in [3.05, 3.63) is 28.2 Å². The Labute approximate surface area is 96.6 Å². The van der Waals surface area contributed by atoms with E-state index in [0.717, 1.165) is 4.90 Å². The molecule has 1 aromatic carbocycles. The second kappa shape index (κ2) is 4.51. The van der Waals surface area contributed by atoms with E-state index in [9.17, 15) is 9.59 Å². The molecule has 0 aliphatic carbocycles. The van der Waals surface area contributed by atoms with Crippen LogP contribution in [0.15, 0.2) is 18.2 Å². The van der Waals surface area contributed by atoms with Gasteiger partial charge >= 0.3 is 11.8 Å². The number of hydrogen-bond donors (Lipinski definition) is 1. The van der Waals surface area contributed by atoms with Gasteiger partial charge in [0.05, 0.1) is 10.7 Å². The fourth-order valence-corrected chi connectivity index (χ4v) is 1.56. The Kier molecular flexibility index (Phi) is 3.55. The zero-order valence-corrected chi connectivity index (χ0v) is 9.34. The fraction of sp³-hybridized carbons (Fsp3) is 0.111. The number of anilines is 1. The molecule has 0 aliphatic rings. The Hall–Kier alpha value is -1.26. The number of carbonyl (C=O) groups excluding carboxylic acids is 2. The van der Waals surface area contributed by atoms with Gasteiger partial charge in [-0.15, -0.1) is 0 Å². The molecule has 80 valence electrons.